The zero-order chi connectivity index (χ0) is 15.4. The van der Waals surface area contributed by atoms with E-state index < -0.39 is 0 Å². The summed E-state index contributed by atoms with van der Waals surface area (Å²) in [6.07, 6.45) is 1.79. The van der Waals surface area contributed by atoms with Crippen LogP contribution in [0.2, 0.25) is 0 Å². The van der Waals surface area contributed by atoms with E-state index in [1.165, 1.54) is 0 Å². The van der Waals surface area contributed by atoms with Crippen LogP contribution in [0, 0.1) is 0 Å². The number of anilines is 1. The molecule has 1 aromatic heterocycles. The number of hydrogen-bond donors (Lipinski definition) is 1. The number of fused-ring (bicyclic) bond motifs is 1. The summed E-state index contributed by atoms with van der Waals surface area (Å²) in [5, 5.41) is 5.58. The first kappa shape index (κ1) is 14.4. The molecule has 0 spiro atoms. The molecule has 3 rings (SSSR count). The molecule has 0 aliphatic heterocycles. The van der Waals surface area contributed by atoms with Gasteiger partial charge in [0, 0.05) is 23.3 Å². The number of hydrogen-bond acceptors (Lipinski definition) is 3. The minimum Gasteiger partial charge on any atom is -0.472 e. The minimum absolute atomic E-state index is 0.391. The van der Waals surface area contributed by atoms with Gasteiger partial charge in [-0.05, 0) is 43.0 Å². The molecule has 1 N–H and O–H groups in total. The summed E-state index contributed by atoms with van der Waals surface area (Å²) in [5.74, 6) is 0.675. The molecule has 112 valence electrons. The molecule has 0 radical (unpaired) electrons. The van der Waals surface area contributed by atoms with Crippen molar-refractivity contribution in [1.82, 2.24) is 4.98 Å². The molecular formula is C19H20N2O. The van der Waals surface area contributed by atoms with E-state index in [2.05, 4.69) is 54.5 Å². The van der Waals surface area contributed by atoms with Gasteiger partial charge in [0.25, 0.3) is 0 Å². The monoisotopic (exact) mass is 292 g/mol. The van der Waals surface area contributed by atoms with Crippen LogP contribution in [0.25, 0.3) is 10.8 Å². The Morgan fingerprint density at radius 3 is 2.64 bits per heavy atom. The van der Waals surface area contributed by atoms with E-state index in [-0.39, 0.29) is 0 Å². The Morgan fingerprint density at radius 1 is 1.05 bits per heavy atom. The second-order valence-electron chi connectivity index (χ2n) is 5.63. The predicted octanol–water partition coefficient (Wildman–Crippen LogP) is 4.63. The van der Waals surface area contributed by atoms with E-state index >= 15 is 0 Å². The Morgan fingerprint density at radius 2 is 1.86 bits per heavy atom. The summed E-state index contributed by atoms with van der Waals surface area (Å²) in [7, 11) is 0. The molecular weight excluding hydrogens is 272 g/mol. The molecule has 1 heterocycles. The van der Waals surface area contributed by atoms with Crippen LogP contribution >= 0.6 is 0 Å². The number of ether oxygens (including phenoxy) is 1. The largest absolute Gasteiger partial charge is 0.472 e. The van der Waals surface area contributed by atoms with Crippen LogP contribution in [0.15, 0.2) is 60.8 Å². The average molecular weight is 292 g/mol. The van der Waals surface area contributed by atoms with Crippen molar-refractivity contribution in [3.05, 3.63) is 66.4 Å². The van der Waals surface area contributed by atoms with Crippen LogP contribution < -0.4 is 10.1 Å². The highest BCUT2D eigenvalue weighted by Crippen LogP contribution is 2.27. The molecule has 0 unspecified atom stereocenters. The molecule has 0 atom stereocenters. The smallest absolute Gasteiger partial charge is 0.221 e. The Hall–Kier alpha value is -2.55. The van der Waals surface area contributed by atoms with Gasteiger partial charge in [0.1, 0.15) is 6.61 Å². The lowest BCUT2D eigenvalue weighted by Gasteiger charge is -2.12. The summed E-state index contributed by atoms with van der Waals surface area (Å²) >= 11 is 0. The van der Waals surface area contributed by atoms with Gasteiger partial charge in [-0.1, -0.05) is 36.4 Å². The number of pyridine rings is 1. The minimum atomic E-state index is 0.391. The van der Waals surface area contributed by atoms with E-state index in [0.29, 0.717) is 18.5 Å². The molecule has 3 aromatic rings. The van der Waals surface area contributed by atoms with Crippen molar-refractivity contribution in [2.24, 2.45) is 0 Å². The highest BCUT2D eigenvalue weighted by Gasteiger charge is 2.06. The normalized spacial score (nSPS) is 10.9. The molecule has 0 saturated heterocycles. The van der Waals surface area contributed by atoms with Crippen LogP contribution in [0.3, 0.4) is 0 Å². The van der Waals surface area contributed by atoms with Gasteiger partial charge >= 0.3 is 0 Å². The van der Waals surface area contributed by atoms with Gasteiger partial charge in [0.05, 0.1) is 0 Å². The second-order valence-corrected chi connectivity index (χ2v) is 5.63. The zero-order valence-corrected chi connectivity index (χ0v) is 12.9. The Labute approximate surface area is 131 Å². The van der Waals surface area contributed by atoms with Crippen molar-refractivity contribution in [2.75, 3.05) is 5.32 Å². The summed E-state index contributed by atoms with van der Waals surface area (Å²) in [5.41, 5.74) is 2.22. The molecule has 0 aliphatic carbocycles. The molecule has 0 fully saturated rings. The fraction of sp³-hybridized carbons (Fsp3) is 0.211. The SMILES string of the molecule is CC(C)Nc1ccc2ccnc(OCc3ccccc3)c2c1. The topological polar surface area (TPSA) is 34.2 Å². The maximum absolute atomic E-state index is 5.93. The zero-order valence-electron chi connectivity index (χ0n) is 12.9. The number of aromatic nitrogens is 1. The van der Waals surface area contributed by atoms with Crippen LogP contribution in [-0.4, -0.2) is 11.0 Å². The second kappa shape index (κ2) is 6.48. The van der Waals surface area contributed by atoms with Crippen LogP contribution in [0.4, 0.5) is 5.69 Å². The van der Waals surface area contributed by atoms with Gasteiger partial charge in [0.15, 0.2) is 0 Å². The van der Waals surface area contributed by atoms with Crippen LogP contribution in [-0.2, 0) is 6.61 Å². The maximum atomic E-state index is 5.93. The molecule has 0 saturated carbocycles. The molecule has 2 aromatic carbocycles. The Kier molecular flexibility index (Phi) is 4.24. The van der Waals surface area contributed by atoms with E-state index in [4.69, 9.17) is 4.74 Å². The van der Waals surface area contributed by atoms with Crippen molar-refractivity contribution < 1.29 is 4.74 Å². The lowest BCUT2D eigenvalue weighted by atomic mass is 10.1. The number of nitrogens with one attached hydrogen (secondary N) is 1. The third-order valence-corrected chi connectivity index (χ3v) is 3.40. The lowest BCUT2D eigenvalue weighted by molar-refractivity contribution is 0.298. The Balaban J connectivity index is 1.87. The third-order valence-electron chi connectivity index (χ3n) is 3.40. The number of nitrogens with zero attached hydrogens (tertiary/aromatic N) is 1. The van der Waals surface area contributed by atoms with Crippen molar-refractivity contribution in [3.63, 3.8) is 0 Å². The Bertz CT molecular complexity index is 754. The van der Waals surface area contributed by atoms with Crippen molar-refractivity contribution in [2.45, 2.75) is 26.5 Å². The first-order valence-corrected chi connectivity index (χ1v) is 7.54. The van der Waals surface area contributed by atoms with Crippen LogP contribution in [0.1, 0.15) is 19.4 Å². The highest BCUT2D eigenvalue weighted by molar-refractivity contribution is 5.89. The van der Waals surface area contributed by atoms with Gasteiger partial charge in [-0.2, -0.15) is 0 Å². The molecule has 0 amide bonds. The highest BCUT2D eigenvalue weighted by atomic mass is 16.5. The lowest BCUT2D eigenvalue weighted by Crippen LogP contribution is -2.09. The fourth-order valence-corrected chi connectivity index (χ4v) is 2.41. The molecule has 0 bridgehead atoms. The summed E-state index contributed by atoms with van der Waals surface area (Å²) in [4.78, 5) is 4.39. The van der Waals surface area contributed by atoms with Gasteiger partial charge in [0.2, 0.25) is 5.88 Å². The number of rotatable bonds is 5. The maximum Gasteiger partial charge on any atom is 0.221 e. The fourth-order valence-electron chi connectivity index (χ4n) is 2.41. The first-order valence-electron chi connectivity index (χ1n) is 7.54. The van der Waals surface area contributed by atoms with E-state index in [0.717, 1.165) is 22.0 Å². The molecule has 0 aliphatic rings. The first-order chi connectivity index (χ1) is 10.7. The molecule has 3 nitrogen and oxygen atoms in total. The van der Waals surface area contributed by atoms with Crippen molar-refractivity contribution in [3.8, 4) is 5.88 Å². The van der Waals surface area contributed by atoms with E-state index in [9.17, 15) is 0 Å². The standard InChI is InChI=1S/C19H20N2O/c1-14(2)21-17-9-8-16-10-11-20-19(18(16)12-17)22-13-15-6-4-3-5-7-15/h3-12,14,21H,13H2,1-2H3. The van der Waals surface area contributed by atoms with Gasteiger partial charge in [-0.25, -0.2) is 4.98 Å². The van der Waals surface area contributed by atoms with E-state index in [1.54, 1.807) is 6.20 Å². The molecule has 22 heavy (non-hydrogen) atoms. The van der Waals surface area contributed by atoms with Gasteiger partial charge in [-0.3, -0.25) is 0 Å². The average Bonchev–Trinajstić information content (AvgIpc) is 2.53. The quantitative estimate of drug-likeness (QED) is 0.744. The predicted molar refractivity (Wildman–Crippen MR) is 91.3 cm³/mol. The van der Waals surface area contributed by atoms with E-state index in [1.807, 2.05) is 24.3 Å². The van der Waals surface area contributed by atoms with Crippen molar-refractivity contribution in [1.29, 1.82) is 0 Å². The van der Waals surface area contributed by atoms with Gasteiger partial charge in [-0.15, -0.1) is 0 Å². The summed E-state index contributed by atoms with van der Waals surface area (Å²) in [6.45, 7) is 4.77. The van der Waals surface area contributed by atoms with Crippen LogP contribution in [0.5, 0.6) is 5.88 Å². The summed E-state index contributed by atoms with van der Waals surface area (Å²) < 4.78 is 5.93. The summed E-state index contributed by atoms with van der Waals surface area (Å²) in [6, 6.07) is 18.8. The number of benzene rings is 2. The third kappa shape index (κ3) is 3.37. The van der Waals surface area contributed by atoms with Crippen molar-refractivity contribution >= 4 is 16.5 Å². The van der Waals surface area contributed by atoms with Gasteiger partial charge < -0.3 is 10.1 Å². The molecule has 3 heteroatoms.